The van der Waals surface area contributed by atoms with Crippen molar-refractivity contribution in [1.29, 1.82) is 0 Å². The second kappa shape index (κ2) is 6.00. The van der Waals surface area contributed by atoms with E-state index in [1.807, 2.05) is 37.3 Å². The molecule has 0 aliphatic heterocycles. The van der Waals surface area contributed by atoms with E-state index in [4.69, 9.17) is 17.3 Å². The van der Waals surface area contributed by atoms with Gasteiger partial charge in [0.2, 0.25) is 0 Å². The molecule has 3 heteroatoms. The van der Waals surface area contributed by atoms with Gasteiger partial charge in [0.15, 0.2) is 5.78 Å². The predicted molar refractivity (Wildman–Crippen MR) is 78.3 cm³/mol. The third-order valence-corrected chi connectivity index (χ3v) is 3.48. The van der Waals surface area contributed by atoms with E-state index < -0.39 is 0 Å². The summed E-state index contributed by atoms with van der Waals surface area (Å²) in [7, 11) is 0. The lowest BCUT2D eigenvalue weighted by Crippen LogP contribution is -2.26. The van der Waals surface area contributed by atoms with E-state index >= 15 is 0 Å². The molecule has 2 aromatic rings. The Kier molecular flexibility index (Phi) is 4.35. The summed E-state index contributed by atoms with van der Waals surface area (Å²) in [6.07, 6.45) is 0. The molecule has 0 bridgehead atoms. The Morgan fingerprint density at radius 2 is 1.79 bits per heavy atom. The summed E-state index contributed by atoms with van der Waals surface area (Å²) in [4.78, 5) is 12.4. The second-order valence-corrected chi connectivity index (χ2v) is 5.04. The number of hydrogen-bond acceptors (Lipinski definition) is 2. The molecule has 0 spiro atoms. The van der Waals surface area contributed by atoms with Crippen molar-refractivity contribution in [2.24, 2.45) is 11.7 Å². The Labute approximate surface area is 118 Å². The number of ketones is 1. The van der Waals surface area contributed by atoms with Gasteiger partial charge >= 0.3 is 0 Å². The van der Waals surface area contributed by atoms with Crippen LogP contribution in [0.3, 0.4) is 0 Å². The summed E-state index contributed by atoms with van der Waals surface area (Å²) < 4.78 is 0. The molecule has 0 fully saturated rings. The highest BCUT2D eigenvalue weighted by molar-refractivity contribution is 6.31. The molecule has 2 unspecified atom stereocenters. The summed E-state index contributed by atoms with van der Waals surface area (Å²) >= 11 is 5.91. The van der Waals surface area contributed by atoms with Crippen molar-refractivity contribution < 1.29 is 4.79 Å². The molecule has 2 atom stereocenters. The summed E-state index contributed by atoms with van der Waals surface area (Å²) in [5.41, 5.74) is 7.73. The molecule has 98 valence electrons. The first kappa shape index (κ1) is 13.8. The fourth-order valence-electron chi connectivity index (χ4n) is 2.03. The van der Waals surface area contributed by atoms with Crippen LogP contribution in [0.5, 0.6) is 0 Å². The minimum Gasteiger partial charge on any atom is -0.323 e. The first-order valence-corrected chi connectivity index (χ1v) is 6.57. The van der Waals surface area contributed by atoms with E-state index in [-0.39, 0.29) is 17.7 Å². The van der Waals surface area contributed by atoms with Crippen molar-refractivity contribution in [2.75, 3.05) is 0 Å². The molecular weight excluding hydrogens is 258 g/mol. The molecule has 2 aromatic carbocycles. The van der Waals surface area contributed by atoms with Gasteiger partial charge in [-0.2, -0.15) is 0 Å². The molecule has 0 aromatic heterocycles. The Hall–Kier alpha value is -1.64. The zero-order chi connectivity index (χ0) is 13.8. The Bertz CT molecular complexity index is 568. The van der Waals surface area contributed by atoms with Crippen molar-refractivity contribution in [3.8, 4) is 0 Å². The monoisotopic (exact) mass is 273 g/mol. The number of nitrogens with two attached hydrogens (primary N) is 1. The fourth-order valence-corrected chi connectivity index (χ4v) is 2.22. The average molecular weight is 274 g/mol. The largest absolute Gasteiger partial charge is 0.323 e. The summed E-state index contributed by atoms with van der Waals surface area (Å²) in [5, 5.41) is 0.561. The highest BCUT2D eigenvalue weighted by atomic mass is 35.5. The van der Waals surface area contributed by atoms with Gasteiger partial charge in [-0.05, 0) is 17.7 Å². The topological polar surface area (TPSA) is 43.1 Å². The Morgan fingerprint density at radius 1 is 1.11 bits per heavy atom. The van der Waals surface area contributed by atoms with Crippen LogP contribution in [-0.2, 0) is 0 Å². The molecular formula is C16H16ClNO. The van der Waals surface area contributed by atoms with Gasteiger partial charge in [0.25, 0.3) is 0 Å². The number of halogens is 1. The maximum Gasteiger partial charge on any atom is 0.167 e. The smallest absolute Gasteiger partial charge is 0.167 e. The molecule has 2 rings (SSSR count). The minimum atomic E-state index is -0.312. The third-order valence-electron chi connectivity index (χ3n) is 3.25. The van der Waals surface area contributed by atoms with Crippen molar-refractivity contribution >= 4 is 17.4 Å². The first-order chi connectivity index (χ1) is 9.09. The van der Waals surface area contributed by atoms with E-state index in [9.17, 15) is 4.79 Å². The summed E-state index contributed by atoms with van der Waals surface area (Å²) in [6.45, 7) is 1.85. The number of benzene rings is 2. The van der Waals surface area contributed by atoms with Gasteiger partial charge in [0.1, 0.15) is 0 Å². The Morgan fingerprint density at radius 3 is 2.42 bits per heavy atom. The van der Waals surface area contributed by atoms with E-state index in [0.29, 0.717) is 10.6 Å². The minimum absolute atomic E-state index is 0.0128. The van der Waals surface area contributed by atoms with Crippen molar-refractivity contribution in [3.05, 3.63) is 70.7 Å². The summed E-state index contributed by atoms with van der Waals surface area (Å²) in [6, 6.07) is 16.3. The number of carbonyl (C=O) groups excluding carboxylic acids is 1. The van der Waals surface area contributed by atoms with Gasteiger partial charge in [-0.25, -0.2) is 0 Å². The van der Waals surface area contributed by atoms with Crippen LogP contribution < -0.4 is 5.73 Å². The highest BCUT2D eigenvalue weighted by Gasteiger charge is 2.23. The average Bonchev–Trinajstić information content (AvgIpc) is 2.46. The number of rotatable bonds is 4. The molecule has 0 saturated heterocycles. The van der Waals surface area contributed by atoms with E-state index in [1.165, 1.54) is 0 Å². The van der Waals surface area contributed by atoms with Gasteiger partial charge < -0.3 is 5.73 Å². The highest BCUT2D eigenvalue weighted by Crippen LogP contribution is 2.23. The molecule has 0 aliphatic rings. The number of hydrogen-bond donors (Lipinski definition) is 1. The summed E-state index contributed by atoms with van der Waals surface area (Å²) in [5.74, 6) is -0.278. The lowest BCUT2D eigenvalue weighted by atomic mass is 9.89. The van der Waals surface area contributed by atoms with Crippen LogP contribution >= 0.6 is 11.6 Å². The molecule has 0 amide bonds. The molecule has 0 heterocycles. The molecule has 0 saturated carbocycles. The Balaban J connectivity index is 2.20. The van der Waals surface area contributed by atoms with E-state index in [2.05, 4.69) is 0 Å². The molecule has 2 nitrogen and oxygen atoms in total. The predicted octanol–water partition coefficient (Wildman–Crippen LogP) is 3.86. The molecule has 0 aliphatic carbocycles. The molecule has 0 radical (unpaired) electrons. The lowest BCUT2D eigenvalue weighted by Gasteiger charge is -2.19. The van der Waals surface area contributed by atoms with Gasteiger partial charge in [-0.1, -0.05) is 61.0 Å². The van der Waals surface area contributed by atoms with Crippen molar-refractivity contribution in [1.82, 2.24) is 0 Å². The standard InChI is InChI=1S/C16H16ClNO/c1-11(15(18)12-6-3-2-4-7-12)16(19)13-8-5-9-14(17)10-13/h2-11,15H,18H2,1H3. The van der Waals surface area contributed by atoms with Crippen LogP contribution in [0.4, 0.5) is 0 Å². The van der Waals surface area contributed by atoms with Gasteiger partial charge in [-0.3, -0.25) is 4.79 Å². The maximum absolute atomic E-state index is 12.4. The van der Waals surface area contributed by atoms with E-state index in [0.717, 1.165) is 5.56 Å². The SMILES string of the molecule is CC(C(=O)c1cccc(Cl)c1)C(N)c1ccccc1. The van der Waals surface area contributed by atoms with Crippen LogP contribution in [0.15, 0.2) is 54.6 Å². The lowest BCUT2D eigenvalue weighted by molar-refractivity contribution is 0.0913. The zero-order valence-electron chi connectivity index (χ0n) is 10.7. The quantitative estimate of drug-likeness (QED) is 0.860. The molecule has 2 N–H and O–H groups in total. The normalized spacial score (nSPS) is 13.8. The molecule has 19 heavy (non-hydrogen) atoms. The van der Waals surface area contributed by atoms with Crippen molar-refractivity contribution in [3.63, 3.8) is 0 Å². The van der Waals surface area contributed by atoms with Gasteiger partial charge in [-0.15, -0.1) is 0 Å². The zero-order valence-corrected chi connectivity index (χ0v) is 11.5. The van der Waals surface area contributed by atoms with Crippen LogP contribution in [0.25, 0.3) is 0 Å². The van der Waals surface area contributed by atoms with Crippen LogP contribution in [0.2, 0.25) is 5.02 Å². The number of carbonyl (C=O) groups is 1. The maximum atomic E-state index is 12.4. The third kappa shape index (κ3) is 3.22. The van der Waals surface area contributed by atoms with Crippen LogP contribution in [-0.4, -0.2) is 5.78 Å². The van der Waals surface area contributed by atoms with E-state index in [1.54, 1.807) is 24.3 Å². The number of Topliss-reactive ketones (excluding diaryl/α,β-unsaturated/α-hetero) is 1. The van der Waals surface area contributed by atoms with Crippen molar-refractivity contribution in [2.45, 2.75) is 13.0 Å². The van der Waals surface area contributed by atoms with Gasteiger partial charge in [0.05, 0.1) is 0 Å². The second-order valence-electron chi connectivity index (χ2n) is 4.60. The first-order valence-electron chi connectivity index (χ1n) is 6.20. The van der Waals surface area contributed by atoms with Gasteiger partial charge in [0, 0.05) is 22.5 Å². The van der Waals surface area contributed by atoms with Crippen LogP contribution in [0.1, 0.15) is 28.9 Å². The fraction of sp³-hybridized carbons (Fsp3) is 0.188. The van der Waals surface area contributed by atoms with Crippen LogP contribution in [0, 0.1) is 5.92 Å².